The summed E-state index contributed by atoms with van der Waals surface area (Å²) in [5.41, 5.74) is 0.943. The average molecular weight is 292 g/mol. The Kier molecular flexibility index (Phi) is 6.33. The molecule has 0 bridgehead atoms. The number of hydrogen-bond acceptors (Lipinski definition) is 4. The van der Waals surface area contributed by atoms with Gasteiger partial charge in [-0.25, -0.2) is 0 Å². The Morgan fingerprint density at radius 2 is 2.24 bits per heavy atom. The van der Waals surface area contributed by atoms with Crippen LogP contribution in [-0.2, 0) is 6.54 Å². The van der Waals surface area contributed by atoms with Crippen molar-refractivity contribution in [1.82, 2.24) is 10.2 Å². The minimum absolute atomic E-state index is 0.355. The van der Waals surface area contributed by atoms with Crippen molar-refractivity contribution >= 4 is 0 Å². The Balaban J connectivity index is 2.00. The molecule has 1 saturated heterocycles. The molecule has 118 valence electrons. The van der Waals surface area contributed by atoms with Crippen molar-refractivity contribution in [2.45, 2.75) is 45.2 Å². The molecule has 21 heavy (non-hydrogen) atoms. The number of hydrogen-bond donors (Lipinski definition) is 2. The number of rotatable bonds is 7. The number of phenols is 1. The van der Waals surface area contributed by atoms with Crippen LogP contribution in [0.3, 0.4) is 0 Å². The maximum atomic E-state index is 10.1. The fourth-order valence-corrected chi connectivity index (χ4v) is 3.00. The van der Waals surface area contributed by atoms with Crippen molar-refractivity contribution in [1.29, 1.82) is 0 Å². The van der Waals surface area contributed by atoms with Crippen molar-refractivity contribution in [3.8, 4) is 11.5 Å². The third-order valence-corrected chi connectivity index (χ3v) is 4.11. The molecule has 2 rings (SSSR count). The van der Waals surface area contributed by atoms with E-state index in [-0.39, 0.29) is 0 Å². The highest BCUT2D eigenvalue weighted by atomic mass is 16.5. The topological polar surface area (TPSA) is 44.7 Å². The fourth-order valence-electron chi connectivity index (χ4n) is 3.00. The van der Waals surface area contributed by atoms with Gasteiger partial charge in [0.1, 0.15) is 11.5 Å². The molecule has 1 aromatic carbocycles. The van der Waals surface area contributed by atoms with E-state index in [4.69, 9.17) is 4.74 Å². The normalized spacial score (nSPS) is 18.9. The van der Waals surface area contributed by atoms with Gasteiger partial charge in [0.15, 0.2) is 0 Å². The van der Waals surface area contributed by atoms with Gasteiger partial charge in [0, 0.05) is 24.7 Å². The second kappa shape index (κ2) is 8.25. The van der Waals surface area contributed by atoms with Gasteiger partial charge in [-0.15, -0.1) is 0 Å². The molecular weight excluding hydrogens is 264 g/mol. The molecule has 1 heterocycles. The second-order valence-electron chi connectivity index (χ2n) is 5.88. The minimum atomic E-state index is 0.355. The average Bonchev–Trinajstić information content (AvgIpc) is 2.51. The van der Waals surface area contributed by atoms with Gasteiger partial charge in [0.25, 0.3) is 0 Å². The summed E-state index contributed by atoms with van der Waals surface area (Å²) in [5, 5.41) is 13.7. The van der Waals surface area contributed by atoms with Crippen LogP contribution in [0.15, 0.2) is 18.2 Å². The molecule has 0 aromatic heterocycles. The molecule has 1 unspecified atom stereocenters. The maximum Gasteiger partial charge on any atom is 0.120 e. The lowest BCUT2D eigenvalue weighted by atomic mass is 10.0. The smallest absolute Gasteiger partial charge is 0.120 e. The van der Waals surface area contributed by atoms with E-state index in [9.17, 15) is 5.11 Å². The Morgan fingerprint density at radius 3 is 2.90 bits per heavy atom. The van der Waals surface area contributed by atoms with Gasteiger partial charge >= 0.3 is 0 Å². The Bertz CT molecular complexity index is 431. The zero-order valence-corrected chi connectivity index (χ0v) is 13.3. The summed E-state index contributed by atoms with van der Waals surface area (Å²) in [7, 11) is 1.66. The number of phenolic OH excluding ortho intramolecular Hbond substituents is 1. The van der Waals surface area contributed by atoms with Crippen LogP contribution in [0.2, 0.25) is 0 Å². The molecule has 0 radical (unpaired) electrons. The molecule has 1 aromatic rings. The Morgan fingerprint density at radius 1 is 1.38 bits per heavy atom. The first kappa shape index (κ1) is 16.1. The van der Waals surface area contributed by atoms with Gasteiger partial charge in [0.05, 0.1) is 7.11 Å². The lowest BCUT2D eigenvalue weighted by molar-refractivity contribution is 0.215. The van der Waals surface area contributed by atoms with E-state index in [1.165, 1.54) is 19.3 Å². The molecule has 1 fully saturated rings. The number of piperidine rings is 1. The largest absolute Gasteiger partial charge is 0.508 e. The number of nitrogens with one attached hydrogen (secondary N) is 1. The van der Waals surface area contributed by atoms with Crippen molar-refractivity contribution in [2.24, 2.45) is 0 Å². The molecule has 0 spiro atoms. The SMILES string of the molecule is CCCN(Cc1cc(OC)ccc1O)CC1CCCCN1. The van der Waals surface area contributed by atoms with Crippen molar-refractivity contribution in [3.63, 3.8) is 0 Å². The first-order valence-electron chi connectivity index (χ1n) is 8.04. The van der Waals surface area contributed by atoms with E-state index in [1.54, 1.807) is 19.2 Å². The van der Waals surface area contributed by atoms with E-state index in [2.05, 4.69) is 17.1 Å². The highest BCUT2D eigenvalue weighted by molar-refractivity contribution is 5.39. The molecule has 1 atom stereocenters. The lowest BCUT2D eigenvalue weighted by Gasteiger charge is -2.30. The van der Waals surface area contributed by atoms with Crippen LogP contribution in [0.4, 0.5) is 0 Å². The van der Waals surface area contributed by atoms with Crippen molar-refractivity contribution < 1.29 is 9.84 Å². The second-order valence-corrected chi connectivity index (χ2v) is 5.88. The summed E-state index contributed by atoms with van der Waals surface area (Å²) >= 11 is 0. The molecule has 1 aliphatic rings. The predicted molar refractivity (Wildman–Crippen MR) is 85.9 cm³/mol. The quantitative estimate of drug-likeness (QED) is 0.811. The van der Waals surface area contributed by atoms with Crippen molar-refractivity contribution in [2.75, 3.05) is 26.7 Å². The number of methoxy groups -OCH3 is 1. The van der Waals surface area contributed by atoms with Crippen LogP contribution in [0.25, 0.3) is 0 Å². The van der Waals surface area contributed by atoms with Crippen LogP contribution in [0, 0.1) is 0 Å². The first-order chi connectivity index (χ1) is 10.2. The zero-order chi connectivity index (χ0) is 15.1. The zero-order valence-electron chi connectivity index (χ0n) is 13.3. The highest BCUT2D eigenvalue weighted by Gasteiger charge is 2.17. The van der Waals surface area contributed by atoms with Crippen LogP contribution in [0.1, 0.15) is 38.2 Å². The van der Waals surface area contributed by atoms with Crippen LogP contribution >= 0.6 is 0 Å². The van der Waals surface area contributed by atoms with E-state index >= 15 is 0 Å². The third-order valence-electron chi connectivity index (χ3n) is 4.11. The molecule has 2 N–H and O–H groups in total. The molecule has 4 nitrogen and oxygen atoms in total. The van der Waals surface area contributed by atoms with Crippen molar-refractivity contribution in [3.05, 3.63) is 23.8 Å². The summed E-state index contributed by atoms with van der Waals surface area (Å²) in [6, 6.07) is 6.04. The summed E-state index contributed by atoms with van der Waals surface area (Å²) in [5.74, 6) is 1.16. The molecule has 0 amide bonds. The molecule has 4 heteroatoms. The number of nitrogens with zero attached hydrogens (tertiary/aromatic N) is 1. The number of benzene rings is 1. The third kappa shape index (κ3) is 4.90. The summed E-state index contributed by atoms with van der Waals surface area (Å²) < 4.78 is 5.26. The van der Waals surface area contributed by atoms with Gasteiger partial charge in [-0.05, 0) is 50.6 Å². The van der Waals surface area contributed by atoms with E-state index in [1.807, 2.05) is 6.07 Å². The molecule has 1 aliphatic heterocycles. The summed E-state index contributed by atoms with van der Waals surface area (Å²) in [6.07, 6.45) is 4.99. The van der Waals surface area contributed by atoms with Gasteiger partial charge in [0.2, 0.25) is 0 Å². The van der Waals surface area contributed by atoms with Gasteiger partial charge < -0.3 is 15.2 Å². The van der Waals surface area contributed by atoms with Gasteiger partial charge in [-0.3, -0.25) is 4.90 Å². The first-order valence-corrected chi connectivity index (χ1v) is 8.04. The Hall–Kier alpha value is -1.26. The highest BCUT2D eigenvalue weighted by Crippen LogP contribution is 2.24. The van der Waals surface area contributed by atoms with E-state index in [0.29, 0.717) is 11.8 Å². The van der Waals surface area contributed by atoms with Gasteiger partial charge in [-0.1, -0.05) is 13.3 Å². The van der Waals surface area contributed by atoms with E-state index < -0.39 is 0 Å². The lowest BCUT2D eigenvalue weighted by Crippen LogP contribution is -2.43. The molecule has 0 aliphatic carbocycles. The monoisotopic (exact) mass is 292 g/mol. The predicted octanol–water partition coefficient (Wildman–Crippen LogP) is 2.75. The van der Waals surface area contributed by atoms with E-state index in [0.717, 1.165) is 43.9 Å². The number of ether oxygens (including phenoxy) is 1. The molecule has 0 saturated carbocycles. The van der Waals surface area contributed by atoms with Crippen LogP contribution < -0.4 is 10.1 Å². The summed E-state index contributed by atoms with van der Waals surface area (Å²) in [6.45, 7) is 6.20. The van der Waals surface area contributed by atoms with Crippen LogP contribution in [0.5, 0.6) is 11.5 Å². The van der Waals surface area contributed by atoms with Crippen LogP contribution in [-0.4, -0.2) is 42.8 Å². The summed E-state index contributed by atoms with van der Waals surface area (Å²) in [4.78, 5) is 2.43. The minimum Gasteiger partial charge on any atom is -0.508 e. The standard InChI is InChI=1S/C17H28N2O2/c1-3-10-19(13-15-6-4-5-9-18-15)12-14-11-16(21-2)7-8-17(14)20/h7-8,11,15,18,20H,3-6,9-10,12-13H2,1-2H3. The fraction of sp³-hybridized carbons (Fsp3) is 0.647. The maximum absolute atomic E-state index is 10.1. The van der Waals surface area contributed by atoms with Gasteiger partial charge in [-0.2, -0.15) is 0 Å². The molecular formula is C17H28N2O2. The number of aromatic hydroxyl groups is 1. The Labute approximate surface area is 128 Å².